The van der Waals surface area contributed by atoms with Crippen LogP contribution in [0.1, 0.15) is 39.5 Å². The summed E-state index contributed by atoms with van der Waals surface area (Å²) in [5, 5.41) is 12.0. The van der Waals surface area contributed by atoms with E-state index in [1.54, 1.807) is 26.0 Å². The third-order valence-electron chi connectivity index (χ3n) is 5.35. The van der Waals surface area contributed by atoms with E-state index in [1.807, 2.05) is 4.90 Å². The highest BCUT2D eigenvalue weighted by molar-refractivity contribution is 6.08. The number of benzene rings is 2. The van der Waals surface area contributed by atoms with Crippen LogP contribution in [-0.2, 0) is 23.9 Å². The largest absolute Gasteiger partial charge is 0.419 e. The summed E-state index contributed by atoms with van der Waals surface area (Å²) >= 11 is 0. The molecule has 0 saturated heterocycles. The summed E-state index contributed by atoms with van der Waals surface area (Å²) in [6.07, 6.45) is -5.16. The molecule has 0 saturated carbocycles. The van der Waals surface area contributed by atoms with Crippen LogP contribution in [0, 0.1) is 12.7 Å². The van der Waals surface area contributed by atoms with Gasteiger partial charge in [-0.15, -0.1) is 0 Å². The molecule has 0 spiro atoms. The van der Waals surface area contributed by atoms with Crippen LogP contribution in [0.2, 0.25) is 0 Å². The van der Waals surface area contributed by atoms with Gasteiger partial charge < -0.3 is 10.4 Å². The zero-order valence-corrected chi connectivity index (χ0v) is 17.0. The summed E-state index contributed by atoms with van der Waals surface area (Å²) < 4.78 is 51.9. The summed E-state index contributed by atoms with van der Waals surface area (Å²) in [4.78, 5) is 27.1. The SMILES string of the molecule is Cc1ccc2c(c1NC(=O)Cc1ccc(C(F)(F)F)c(F)c1)C(=O)CN([C@@H](C)CO)C2. The Kier molecular flexibility index (Phi) is 6.47. The van der Waals surface area contributed by atoms with Crippen molar-refractivity contribution in [3.8, 4) is 0 Å². The average molecular weight is 438 g/mol. The van der Waals surface area contributed by atoms with Gasteiger partial charge in [0.15, 0.2) is 5.78 Å². The number of carbonyl (C=O) groups excluding carboxylic acids is 2. The predicted octanol–water partition coefficient (Wildman–Crippen LogP) is 3.71. The van der Waals surface area contributed by atoms with Gasteiger partial charge in [0.25, 0.3) is 0 Å². The molecule has 1 atom stereocenters. The smallest absolute Gasteiger partial charge is 0.395 e. The fourth-order valence-electron chi connectivity index (χ4n) is 3.59. The lowest BCUT2D eigenvalue weighted by atomic mass is 9.93. The Balaban J connectivity index is 1.81. The van der Waals surface area contributed by atoms with Crippen LogP contribution in [0.15, 0.2) is 30.3 Å². The van der Waals surface area contributed by atoms with E-state index in [-0.39, 0.29) is 37.0 Å². The molecule has 2 N–H and O–H groups in total. The van der Waals surface area contributed by atoms with Crippen molar-refractivity contribution in [1.29, 1.82) is 0 Å². The van der Waals surface area contributed by atoms with E-state index in [9.17, 15) is 32.3 Å². The molecule has 1 amide bonds. The summed E-state index contributed by atoms with van der Waals surface area (Å²) in [5.41, 5.74) is 0.780. The lowest BCUT2D eigenvalue weighted by molar-refractivity contribution is -0.140. The third-order valence-corrected chi connectivity index (χ3v) is 5.35. The van der Waals surface area contributed by atoms with E-state index in [4.69, 9.17) is 0 Å². The molecule has 0 radical (unpaired) electrons. The molecule has 31 heavy (non-hydrogen) atoms. The number of rotatable bonds is 5. The van der Waals surface area contributed by atoms with Crippen LogP contribution < -0.4 is 5.32 Å². The van der Waals surface area contributed by atoms with Crippen molar-refractivity contribution in [2.24, 2.45) is 0 Å². The maximum absolute atomic E-state index is 13.8. The highest BCUT2D eigenvalue weighted by Gasteiger charge is 2.34. The number of halogens is 4. The van der Waals surface area contributed by atoms with Crippen LogP contribution in [0.3, 0.4) is 0 Å². The topological polar surface area (TPSA) is 69.6 Å². The lowest BCUT2D eigenvalue weighted by Crippen LogP contribution is -2.42. The van der Waals surface area contributed by atoms with Gasteiger partial charge >= 0.3 is 6.18 Å². The minimum absolute atomic E-state index is 0.0831. The van der Waals surface area contributed by atoms with Crippen LogP contribution >= 0.6 is 0 Å². The van der Waals surface area contributed by atoms with E-state index < -0.39 is 23.5 Å². The normalized spacial score (nSPS) is 15.5. The number of aliphatic hydroxyl groups excluding tert-OH is 1. The molecule has 0 unspecified atom stereocenters. The summed E-state index contributed by atoms with van der Waals surface area (Å²) in [6, 6.07) is 5.69. The summed E-state index contributed by atoms with van der Waals surface area (Å²) in [7, 11) is 0. The van der Waals surface area contributed by atoms with Crippen molar-refractivity contribution in [3.63, 3.8) is 0 Å². The number of amides is 1. The Labute approximate surface area is 176 Å². The first-order valence-electron chi connectivity index (χ1n) is 9.67. The maximum Gasteiger partial charge on any atom is 0.419 e. The van der Waals surface area contributed by atoms with Crippen LogP contribution in [0.4, 0.5) is 23.2 Å². The minimum Gasteiger partial charge on any atom is -0.395 e. The number of fused-ring (bicyclic) bond motifs is 1. The molecular weight excluding hydrogens is 416 g/mol. The zero-order chi connectivity index (χ0) is 22.9. The number of Topliss-reactive ketones (excluding diaryl/α,β-unsaturated/α-hetero) is 1. The number of nitrogens with zero attached hydrogens (tertiary/aromatic N) is 1. The highest BCUT2D eigenvalue weighted by Crippen LogP contribution is 2.32. The monoisotopic (exact) mass is 438 g/mol. The Morgan fingerprint density at radius 3 is 2.55 bits per heavy atom. The molecule has 1 heterocycles. The van der Waals surface area contributed by atoms with E-state index in [0.717, 1.165) is 6.07 Å². The van der Waals surface area contributed by atoms with Gasteiger partial charge in [0.1, 0.15) is 5.82 Å². The quantitative estimate of drug-likeness (QED) is 0.699. The van der Waals surface area contributed by atoms with Gasteiger partial charge in [0.2, 0.25) is 5.91 Å². The molecule has 0 fully saturated rings. The van der Waals surface area contributed by atoms with Gasteiger partial charge in [-0.05, 0) is 42.7 Å². The lowest BCUT2D eigenvalue weighted by Gasteiger charge is -2.33. The molecule has 5 nitrogen and oxygen atoms in total. The fraction of sp³-hybridized carbons (Fsp3) is 0.364. The van der Waals surface area contributed by atoms with Gasteiger partial charge in [-0.3, -0.25) is 14.5 Å². The van der Waals surface area contributed by atoms with Gasteiger partial charge in [0.05, 0.1) is 30.8 Å². The number of carbonyl (C=O) groups is 2. The predicted molar refractivity (Wildman–Crippen MR) is 106 cm³/mol. The molecule has 166 valence electrons. The molecule has 2 aromatic carbocycles. The van der Waals surface area contributed by atoms with Crippen LogP contribution in [-0.4, -0.2) is 40.9 Å². The van der Waals surface area contributed by atoms with E-state index in [2.05, 4.69) is 5.32 Å². The molecule has 0 aromatic heterocycles. The van der Waals surface area contributed by atoms with Crippen LogP contribution in [0.25, 0.3) is 0 Å². The molecule has 0 bridgehead atoms. The maximum atomic E-state index is 13.8. The Morgan fingerprint density at radius 1 is 1.23 bits per heavy atom. The average Bonchev–Trinajstić information content (AvgIpc) is 2.68. The van der Waals surface area contributed by atoms with Gasteiger partial charge in [0, 0.05) is 18.2 Å². The van der Waals surface area contributed by atoms with Crippen molar-refractivity contribution in [1.82, 2.24) is 4.90 Å². The number of anilines is 1. The van der Waals surface area contributed by atoms with Gasteiger partial charge in [-0.2, -0.15) is 13.2 Å². The standard InChI is InChI=1S/C22H22F4N2O3/c1-12-3-5-15-9-28(13(2)11-29)10-18(30)20(15)21(12)27-19(31)8-14-4-6-16(17(23)7-14)22(24,25)26/h3-7,13,29H,8-11H2,1-2H3,(H,27,31)/t13-/m0/s1. The Hall–Kier alpha value is -2.78. The number of nitrogens with one attached hydrogen (secondary N) is 1. The highest BCUT2D eigenvalue weighted by atomic mass is 19.4. The first-order chi connectivity index (χ1) is 14.5. The van der Waals surface area contributed by atoms with Gasteiger partial charge in [-0.1, -0.05) is 18.2 Å². The molecule has 0 aliphatic carbocycles. The van der Waals surface area contributed by atoms with Crippen LogP contribution in [0.5, 0.6) is 0 Å². The van der Waals surface area contributed by atoms with Crippen molar-refractivity contribution < 1.29 is 32.3 Å². The van der Waals surface area contributed by atoms with Crippen molar-refractivity contribution in [3.05, 3.63) is 64.0 Å². The van der Waals surface area contributed by atoms with E-state index in [0.29, 0.717) is 41.1 Å². The Bertz CT molecular complexity index is 1020. The first kappa shape index (κ1) is 22.9. The third kappa shape index (κ3) is 4.94. The molecular formula is C22H22F4N2O3. The van der Waals surface area contributed by atoms with Crippen molar-refractivity contribution in [2.75, 3.05) is 18.5 Å². The number of alkyl halides is 3. The first-order valence-corrected chi connectivity index (χ1v) is 9.67. The number of hydrogen-bond donors (Lipinski definition) is 2. The second kappa shape index (κ2) is 8.76. The van der Waals surface area contributed by atoms with Crippen molar-refractivity contribution in [2.45, 2.75) is 39.0 Å². The summed E-state index contributed by atoms with van der Waals surface area (Å²) in [6.45, 7) is 3.95. The second-order valence-corrected chi connectivity index (χ2v) is 7.69. The molecule has 9 heteroatoms. The second-order valence-electron chi connectivity index (χ2n) is 7.69. The van der Waals surface area contributed by atoms with Crippen molar-refractivity contribution >= 4 is 17.4 Å². The summed E-state index contributed by atoms with van der Waals surface area (Å²) in [5.74, 6) is -2.23. The number of aryl methyl sites for hydroxylation is 1. The fourth-order valence-corrected chi connectivity index (χ4v) is 3.59. The zero-order valence-electron chi connectivity index (χ0n) is 17.0. The number of hydrogen-bond acceptors (Lipinski definition) is 4. The van der Waals surface area contributed by atoms with E-state index in [1.165, 1.54) is 0 Å². The molecule has 3 rings (SSSR count). The molecule has 1 aliphatic heterocycles. The number of ketones is 1. The Morgan fingerprint density at radius 2 is 1.94 bits per heavy atom. The molecule has 2 aromatic rings. The molecule has 1 aliphatic rings. The van der Waals surface area contributed by atoms with E-state index >= 15 is 0 Å². The minimum atomic E-state index is -4.81. The number of aliphatic hydroxyl groups is 1. The van der Waals surface area contributed by atoms with Gasteiger partial charge in [-0.25, -0.2) is 4.39 Å².